The zero-order chi connectivity index (χ0) is 22.8. The average molecular weight is 459 g/mol. The van der Waals surface area contributed by atoms with Gasteiger partial charge in [-0.05, 0) is 56.0 Å². The van der Waals surface area contributed by atoms with Crippen LogP contribution in [0.4, 0.5) is 14.7 Å². The minimum absolute atomic E-state index is 0.0731. The number of thiophene rings is 1. The number of carbonyl (C=O) groups is 2. The summed E-state index contributed by atoms with van der Waals surface area (Å²) in [5.41, 5.74) is 1.66. The first kappa shape index (κ1) is 22.1. The molecule has 4 rings (SSSR count). The van der Waals surface area contributed by atoms with Gasteiger partial charge < -0.3 is 9.47 Å². The van der Waals surface area contributed by atoms with Crippen LogP contribution in [0.1, 0.15) is 46.8 Å². The van der Waals surface area contributed by atoms with Gasteiger partial charge in [0.05, 0.1) is 20.8 Å². The van der Waals surface area contributed by atoms with Crippen LogP contribution in [0.2, 0.25) is 0 Å². The predicted molar refractivity (Wildman–Crippen MR) is 121 cm³/mol. The summed E-state index contributed by atoms with van der Waals surface area (Å²) in [6.07, 6.45) is 0.423. The number of anilines is 1. The number of alkyl halides is 2. The van der Waals surface area contributed by atoms with Gasteiger partial charge in [0.15, 0.2) is 0 Å². The number of likely N-dealkylation sites (N-methyl/N-ethyl adjacent to an activating group) is 1. The molecule has 3 aromatic rings. The largest absolute Gasteiger partial charge is 0.339 e. The number of hydrogen-bond donors (Lipinski definition) is 1. The van der Waals surface area contributed by atoms with Crippen molar-refractivity contribution < 1.29 is 18.4 Å². The van der Waals surface area contributed by atoms with Crippen LogP contribution in [0, 0.1) is 5.92 Å². The zero-order valence-electron chi connectivity index (χ0n) is 17.6. The smallest absolute Gasteiger partial charge is 0.272 e. The van der Waals surface area contributed by atoms with Crippen LogP contribution in [-0.4, -0.2) is 39.4 Å². The molecule has 2 amide bonds. The number of benzene rings is 1. The third-order valence-electron chi connectivity index (χ3n) is 5.81. The van der Waals surface area contributed by atoms with Crippen molar-refractivity contribution in [3.05, 3.63) is 58.8 Å². The first-order valence-corrected chi connectivity index (χ1v) is 11.3. The molecule has 1 saturated carbocycles. The fourth-order valence-electron chi connectivity index (χ4n) is 4.13. The molecule has 0 unspecified atom stereocenters. The monoisotopic (exact) mass is 458 g/mol. The lowest BCUT2D eigenvalue weighted by atomic mass is 9.79. The second-order valence-electron chi connectivity index (χ2n) is 7.82. The SMILES string of the molecule is C=CC(=O)N(CC)CC1CC(n2c(NC(=O)c3ccc(C(F)F)s3)nc3ccccc32)C1. The molecule has 1 fully saturated rings. The van der Waals surface area contributed by atoms with E-state index in [2.05, 4.69) is 16.9 Å². The summed E-state index contributed by atoms with van der Waals surface area (Å²) in [5.74, 6) is 0.222. The maximum absolute atomic E-state index is 12.9. The second kappa shape index (κ2) is 9.20. The molecule has 0 atom stereocenters. The van der Waals surface area contributed by atoms with Crippen LogP contribution >= 0.6 is 11.3 Å². The highest BCUT2D eigenvalue weighted by Crippen LogP contribution is 2.42. The lowest BCUT2D eigenvalue weighted by Crippen LogP contribution is -2.40. The van der Waals surface area contributed by atoms with E-state index in [9.17, 15) is 18.4 Å². The number of rotatable bonds is 8. The van der Waals surface area contributed by atoms with Crippen molar-refractivity contribution in [3.8, 4) is 0 Å². The maximum Gasteiger partial charge on any atom is 0.272 e. The quantitative estimate of drug-likeness (QED) is 0.468. The normalized spacial score (nSPS) is 17.9. The van der Waals surface area contributed by atoms with Gasteiger partial charge in [-0.15, -0.1) is 11.3 Å². The molecule has 2 heterocycles. The van der Waals surface area contributed by atoms with Gasteiger partial charge in [0.1, 0.15) is 0 Å². The van der Waals surface area contributed by atoms with Crippen molar-refractivity contribution in [2.24, 2.45) is 5.92 Å². The Bertz CT molecular complexity index is 1150. The Morgan fingerprint density at radius 1 is 1.31 bits per heavy atom. The highest BCUT2D eigenvalue weighted by Gasteiger charge is 2.35. The molecule has 0 saturated heterocycles. The summed E-state index contributed by atoms with van der Waals surface area (Å²) in [4.78, 5) is 31.1. The van der Waals surface area contributed by atoms with Crippen molar-refractivity contribution in [3.63, 3.8) is 0 Å². The number of fused-ring (bicyclic) bond motifs is 1. The number of imidazole rings is 1. The van der Waals surface area contributed by atoms with E-state index in [1.165, 1.54) is 18.2 Å². The van der Waals surface area contributed by atoms with Crippen LogP contribution in [0.15, 0.2) is 49.1 Å². The van der Waals surface area contributed by atoms with Gasteiger partial charge in [-0.3, -0.25) is 14.9 Å². The fraction of sp³-hybridized carbons (Fsp3) is 0.348. The lowest BCUT2D eigenvalue weighted by Gasteiger charge is -2.39. The van der Waals surface area contributed by atoms with Crippen molar-refractivity contribution in [2.45, 2.75) is 32.2 Å². The van der Waals surface area contributed by atoms with Gasteiger partial charge in [-0.2, -0.15) is 0 Å². The molecular weight excluding hydrogens is 434 g/mol. The van der Waals surface area contributed by atoms with E-state index in [-0.39, 0.29) is 21.7 Å². The maximum atomic E-state index is 12.9. The summed E-state index contributed by atoms with van der Waals surface area (Å²) >= 11 is 0.779. The fourth-order valence-corrected chi connectivity index (χ4v) is 4.89. The molecule has 1 aliphatic carbocycles. The Hall–Kier alpha value is -3.07. The number of carbonyl (C=O) groups excluding carboxylic acids is 2. The molecule has 9 heteroatoms. The van der Waals surface area contributed by atoms with E-state index in [1.54, 1.807) is 4.90 Å². The molecule has 0 spiro atoms. The van der Waals surface area contributed by atoms with Gasteiger partial charge in [-0.1, -0.05) is 18.7 Å². The van der Waals surface area contributed by atoms with Gasteiger partial charge in [0, 0.05) is 19.1 Å². The van der Waals surface area contributed by atoms with Crippen molar-refractivity contribution in [2.75, 3.05) is 18.4 Å². The van der Waals surface area contributed by atoms with Gasteiger partial charge in [-0.25, -0.2) is 13.8 Å². The number of nitrogens with one attached hydrogen (secondary N) is 1. The van der Waals surface area contributed by atoms with Gasteiger partial charge >= 0.3 is 0 Å². The number of aromatic nitrogens is 2. The third kappa shape index (κ3) is 4.29. The average Bonchev–Trinajstić information content (AvgIpc) is 3.38. The first-order chi connectivity index (χ1) is 15.4. The van der Waals surface area contributed by atoms with Crippen LogP contribution in [0.5, 0.6) is 0 Å². The topological polar surface area (TPSA) is 67.2 Å². The van der Waals surface area contributed by atoms with E-state index in [4.69, 9.17) is 0 Å². The van der Waals surface area contributed by atoms with Crippen molar-refractivity contribution in [1.29, 1.82) is 0 Å². The minimum Gasteiger partial charge on any atom is -0.339 e. The Balaban J connectivity index is 1.53. The van der Waals surface area contributed by atoms with Crippen LogP contribution in [0.25, 0.3) is 11.0 Å². The minimum atomic E-state index is -2.60. The standard InChI is InChI=1S/C23H24F2N4O2S/c1-3-20(30)28(4-2)13-14-11-15(12-14)29-17-8-6-5-7-16(17)26-23(29)27-22(31)19-10-9-18(32-19)21(24)25/h3,5-10,14-15,21H,1,4,11-13H2,2H3,(H,26,27,31). The molecular formula is C23H24F2N4O2S. The van der Waals surface area contributed by atoms with E-state index in [1.807, 2.05) is 35.8 Å². The van der Waals surface area contributed by atoms with Crippen LogP contribution in [-0.2, 0) is 4.79 Å². The number of halogens is 2. The van der Waals surface area contributed by atoms with Crippen molar-refractivity contribution in [1.82, 2.24) is 14.5 Å². The number of hydrogen-bond acceptors (Lipinski definition) is 4. The highest BCUT2D eigenvalue weighted by atomic mass is 32.1. The summed E-state index contributed by atoms with van der Waals surface area (Å²) in [5, 5.41) is 2.81. The molecule has 0 radical (unpaired) electrons. The Morgan fingerprint density at radius 2 is 2.06 bits per heavy atom. The first-order valence-electron chi connectivity index (χ1n) is 10.5. The molecule has 1 N–H and O–H groups in total. The predicted octanol–water partition coefficient (Wildman–Crippen LogP) is 5.27. The zero-order valence-corrected chi connectivity index (χ0v) is 18.4. The summed E-state index contributed by atoms with van der Waals surface area (Å²) in [6, 6.07) is 10.4. The number of nitrogens with zero attached hydrogens (tertiary/aromatic N) is 3. The molecule has 2 aromatic heterocycles. The molecule has 1 aromatic carbocycles. The van der Waals surface area contributed by atoms with E-state index >= 15 is 0 Å². The summed E-state index contributed by atoms with van der Waals surface area (Å²) in [6.45, 7) is 6.80. The van der Waals surface area contributed by atoms with Crippen LogP contribution < -0.4 is 5.32 Å². The molecule has 1 aliphatic rings. The van der Waals surface area contributed by atoms with Gasteiger partial charge in [0.25, 0.3) is 12.3 Å². The van der Waals surface area contributed by atoms with E-state index < -0.39 is 12.3 Å². The van der Waals surface area contributed by atoms with E-state index in [0.717, 1.165) is 35.2 Å². The van der Waals surface area contributed by atoms with E-state index in [0.29, 0.717) is 25.0 Å². The number of para-hydroxylation sites is 2. The second-order valence-corrected chi connectivity index (χ2v) is 8.94. The Morgan fingerprint density at radius 3 is 2.72 bits per heavy atom. The van der Waals surface area contributed by atoms with Crippen LogP contribution in [0.3, 0.4) is 0 Å². The third-order valence-corrected chi connectivity index (χ3v) is 6.90. The molecule has 168 valence electrons. The molecule has 32 heavy (non-hydrogen) atoms. The Labute approximate surface area is 188 Å². The summed E-state index contributed by atoms with van der Waals surface area (Å²) in [7, 11) is 0. The molecule has 0 aliphatic heterocycles. The molecule has 0 bridgehead atoms. The van der Waals surface area contributed by atoms with Gasteiger partial charge in [0.2, 0.25) is 11.9 Å². The highest BCUT2D eigenvalue weighted by molar-refractivity contribution is 7.14. The van der Waals surface area contributed by atoms with Crippen molar-refractivity contribution >= 4 is 40.1 Å². The summed E-state index contributed by atoms with van der Waals surface area (Å²) < 4.78 is 27.8. The number of amides is 2. The Kier molecular flexibility index (Phi) is 6.36. The molecule has 6 nitrogen and oxygen atoms in total. The lowest BCUT2D eigenvalue weighted by molar-refractivity contribution is -0.127.